The first-order valence-electron chi connectivity index (χ1n) is 10.4. The van der Waals surface area contributed by atoms with Gasteiger partial charge in [-0.3, -0.25) is 14.7 Å². The molecule has 0 saturated carbocycles. The Morgan fingerprint density at radius 1 is 1.23 bits per heavy atom. The zero-order chi connectivity index (χ0) is 22.0. The van der Waals surface area contributed by atoms with Gasteiger partial charge in [0.15, 0.2) is 5.13 Å². The fourth-order valence-corrected chi connectivity index (χ4v) is 5.75. The number of carbonyl (C=O) groups is 1. The topological polar surface area (TPSA) is 83.5 Å². The molecule has 0 N–H and O–H groups in total. The molecule has 3 aromatic rings. The van der Waals surface area contributed by atoms with E-state index in [1.54, 1.807) is 11.1 Å². The van der Waals surface area contributed by atoms with E-state index in [1.807, 2.05) is 24.3 Å². The zero-order valence-corrected chi connectivity index (χ0v) is 19.3. The lowest BCUT2D eigenvalue weighted by molar-refractivity contribution is -0.123. The number of pyridine rings is 1. The van der Waals surface area contributed by atoms with Gasteiger partial charge in [0.05, 0.1) is 28.7 Å². The third-order valence-corrected chi connectivity index (χ3v) is 8.01. The van der Waals surface area contributed by atoms with Gasteiger partial charge >= 0.3 is 0 Å². The number of amides is 1. The third-order valence-electron chi connectivity index (χ3n) is 5.67. The largest absolute Gasteiger partial charge is 0.282 e. The van der Waals surface area contributed by atoms with E-state index in [9.17, 15) is 13.2 Å². The van der Waals surface area contributed by atoms with Crippen LogP contribution in [0, 0.1) is 5.92 Å². The number of hydrogen-bond acceptors (Lipinski definition) is 6. The van der Waals surface area contributed by atoms with Crippen molar-refractivity contribution in [2.75, 3.05) is 24.2 Å². The molecule has 4 rings (SSSR count). The highest BCUT2D eigenvalue weighted by atomic mass is 32.2. The van der Waals surface area contributed by atoms with Crippen molar-refractivity contribution in [1.82, 2.24) is 14.3 Å². The maximum atomic E-state index is 13.6. The van der Waals surface area contributed by atoms with Gasteiger partial charge in [-0.1, -0.05) is 30.4 Å². The Labute approximate surface area is 186 Å². The second-order valence-electron chi connectivity index (χ2n) is 7.83. The summed E-state index contributed by atoms with van der Waals surface area (Å²) in [6, 6.07) is 11.8. The van der Waals surface area contributed by atoms with Crippen LogP contribution in [0.5, 0.6) is 0 Å². The molecule has 0 bridgehead atoms. The summed E-state index contributed by atoms with van der Waals surface area (Å²) >= 11 is 1.51. The van der Waals surface area contributed by atoms with Crippen LogP contribution in [-0.4, -0.2) is 47.9 Å². The van der Waals surface area contributed by atoms with Crippen molar-refractivity contribution in [1.29, 1.82) is 0 Å². The van der Waals surface area contributed by atoms with Crippen LogP contribution in [0.1, 0.15) is 31.0 Å². The molecule has 1 aliphatic heterocycles. The SMILES string of the molecule is CCc1ccc2nc(N(Cc3ccccn3)C(=O)C3CCN(S(C)(=O)=O)CC3)sc2c1. The molecule has 1 aromatic carbocycles. The highest BCUT2D eigenvalue weighted by Crippen LogP contribution is 2.33. The number of benzene rings is 1. The molecule has 9 heteroatoms. The molecule has 0 atom stereocenters. The Balaban J connectivity index is 1.62. The first kappa shape index (κ1) is 21.9. The van der Waals surface area contributed by atoms with Crippen LogP contribution in [0.4, 0.5) is 5.13 Å². The summed E-state index contributed by atoms with van der Waals surface area (Å²) in [6.45, 7) is 3.19. The Kier molecular flexibility index (Phi) is 6.36. The monoisotopic (exact) mass is 458 g/mol. The van der Waals surface area contributed by atoms with Crippen LogP contribution >= 0.6 is 11.3 Å². The number of aryl methyl sites for hydroxylation is 1. The number of hydrogen-bond donors (Lipinski definition) is 0. The summed E-state index contributed by atoms with van der Waals surface area (Å²) in [6.07, 6.45) is 4.90. The third kappa shape index (κ3) is 4.94. The average Bonchev–Trinajstić information content (AvgIpc) is 3.20. The van der Waals surface area contributed by atoms with Crippen molar-refractivity contribution in [2.24, 2.45) is 5.92 Å². The zero-order valence-electron chi connectivity index (χ0n) is 17.7. The number of carbonyl (C=O) groups excluding carboxylic acids is 1. The van der Waals surface area contributed by atoms with Gasteiger partial charge in [0.25, 0.3) is 0 Å². The average molecular weight is 459 g/mol. The van der Waals surface area contributed by atoms with Gasteiger partial charge in [-0.2, -0.15) is 0 Å². The Hall–Kier alpha value is -2.36. The van der Waals surface area contributed by atoms with E-state index in [0.717, 1.165) is 22.3 Å². The summed E-state index contributed by atoms with van der Waals surface area (Å²) in [4.78, 5) is 24.4. The molecule has 31 heavy (non-hydrogen) atoms. The smallest absolute Gasteiger partial charge is 0.232 e. The molecular formula is C22H26N4O3S2. The van der Waals surface area contributed by atoms with E-state index >= 15 is 0 Å². The Morgan fingerprint density at radius 3 is 2.65 bits per heavy atom. The number of aromatic nitrogens is 2. The summed E-state index contributed by atoms with van der Waals surface area (Å²) in [5.74, 6) is -0.256. The van der Waals surface area contributed by atoms with Crippen molar-refractivity contribution >= 4 is 42.6 Å². The predicted molar refractivity (Wildman–Crippen MR) is 124 cm³/mol. The molecule has 1 amide bonds. The van der Waals surface area contributed by atoms with Crippen molar-refractivity contribution < 1.29 is 13.2 Å². The van der Waals surface area contributed by atoms with E-state index in [4.69, 9.17) is 4.98 Å². The second kappa shape index (κ2) is 9.02. The Morgan fingerprint density at radius 2 is 2.00 bits per heavy atom. The Bertz CT molecular complexity index is 1170. The standard InChI is InChI=1S/C22H26N4O3S2/c1-3-16-7-8-19-20(14-16)30-22(24-19)26(15-18-6-4-5-11-23-18)21(27)17-9-12-25(13-10-17)31(2,28)29/h4-8,11,14,17H,3,9-10,12-13,15H2,1-2H3. The van der Waals surface area contributed by atoms with E-state index in [-0.39, 0.29) is 11.8 Å². The van der Waals surface area contributed by atoms with E-state index < -0.39 is 10.0 Å². The highest BCUT2D eigenvalue weighted by molar-refractivity contribution is 7.88. The molecule has 0 radical (unpaired) electrons. The van der Waals surface area contributed by atoms with Crippen LogP contribution in [0.3, 0.4) is 0 Å². The first-order chi connectivity index (χ1) is 14.8. The number of anilines is 1. The van der Waals surface area contributed by atoms with Crippen LogP contribution in [0.25, 0.3) is 10.2 Å². The summed E-state index contributed by atoms with van der Waals surface area (Å²) in [5, 5.41) is 0.657. The van der Waals surface area contributed by atoms with Gasteiger partial charge in [-0.25, -0.2) is 17.7 Å². The van der Waals surface area contributed by atoms with Crippen molar-refractivity contribution in [3.05, 3.63) is 53.9 Å². The summed E-state index contributed by atoms with van der Waals surface area (Å²) in [7, 11) is -3.23. The predicted octanol–water partition coefficient (Wildman–Crippen LogP) is 3.46. The van der Waals surface area contributed by atoms with Crippen LogP contribution in [0.2, 0.25) is 0 Å². The number of rotatable bonds is 6. The number of fused-ring (bicyclic) bond motifs is 1. The first-order valence-corrected chi connectivity index (χ1v) is 13.1. The van der Waals surface area contributed by atoms with Crippen LogP contribution in [0.15, 0.2) is 42.6 Å². The molecule has 1 saturated heterocycles. The molecule has 2 aromatic heterocycles. The molecule has 0 aliphatic carbocycles. The summed E-state index contributed by atoms with van der Waals surface area (Å²) < 4.78 is 26.2. The van der Waals surface area contributed by atoms with Crippen molar-refractivity contribution in [3.63, 3.8) is 0 Å². The molecule has 7 nitrogen and oxygen atoms in total. The van der Waals surface area contributed by atoms with Crippen molar-refractivity contribution in [3.8, 4) is 0 Å². The lowest BCUT2D eigenvalue weighted by Crippen LogP contribution is -2.44. The van der Waals surface area contributed by atoms with Crippen LogP contribution in [-0.2, 0) is 27.8 Å². The van der Waals surface area contributed by atoms with Gasteiger partial charge in [0.2, 0.25) is 15.9 Å². The minimum atomic E-state index is -3.23. The lowest BCUT2D eigenvalue weighted by atomic mass is 9.96. The summed E-state index contributed by atoms with van der Waals surface area (Å²) in [5.41, 5.74) is 2.90. The van der Waals surface area contributed by atoms with E-state index in [1.165, 1.54) is 27.5 Å². The maximum Gasteiger partial charge on any atom is 0.232 e. The number of sulfonamides is 1. The molecule has 164 valence electrons. The van der Waals surface area contributed by atoms with Gasteiger partial charge in [-0.15, -0.1) is 0 Å². The fourth-order valence-electron chi connectivity index (χ4n) is 3.84. The number of nitrogens with zero attached hydrogens (tertiary/aromatic N) is 4. The van der Waals surface area contributed by atoms with Crippen molar-refractivity contribution in [2.45, 2.75) is 32.7 Å². The molecule has 1 fully saturated rings. The fraction of sp³-hybridized carbons (Fsp3) is 0.409. The van der Waals surface area contributed by atoms with Crippen LogP contribution < -0.4 is 4.90 Å². The van der Waals surface area contributed by atoms with Gasteiger partial charge in [0.1, 0.15) is 0 Å². The van der Waals surface area contributed by atoms with E-state index in [0.29, 0.717) is 37.6 Å². The molecule has 0 spiro atoms. The van der Waals surface area contributed by atoms with Gasteiger partial charge < -0.3 is 0 Å². The van der Waals surface area contributed by atoms with Gasteiger partial charge in [0, 0.05) is 25.2 Å². The molecule has 0 unspecified atom stereocenters. The second-order valence-corrected chi connectivity index (χ2v) is 10.8. The normalized spacial score (nSPS) is 15.9. The molecule has 1 aliphatic rings. The minimum absolute atomic E-state index is 0.0198. The number of thiazole rings is 1. The highest BCUT2D eigenvalue weighted by Gasteiger charge is 2.33. The van der Waals surface area contributed by atoms with Gasteiger partial charge in [-0.05, 0) is 49.1 Å². The lowest BCUT2D eigenvalue weighted by Gasteiger charge is -2.32. The quantitative estimate of drug-likeness (QED) is 0.565. The molecular weight excluding hydrogens is 432 g/mol. The van der Waals surface area contributed by atoms with E-state index in [2.05, 4.69) is 24.0 Å². The maximum absolute atomic E-state index is 13.6. The minimum Gasteiger partial charge on any atom is -0.282 e. The number of piperidine rings is 1. The molecule has 3 heterocycles.